The van der Waals surface area contributed by atoms with Crippen molar-refractivity contribution < 1.29 is 18.0 Å². The average molecular weight is 420 g/mol. The Kier molecular flexibility index (Phi) is 7.08. The molecule has 0 aliphatic carbocycles. The number of carbonyl (C=O) groups is 2. The first-order valence-electron chi connectivity index (χ1n) is 10.2. The second-order valence-electron chi connectivity index (χ2n) is 7.68. The standard InChI is InChI=1S/C21H29N3O4S/c1-2-20(25)22-16-17-9-13-24(14-10-17)29(27,28)19-8-6-7-18(15-19)21(26)23-11-4-3-5-12-23/h2,6-8,15,17H,1,3-5,9-14,16H2,(H,22,25). The van der Waals surface area contributed by atoms with E-state index in [-0.39, 0.29) is 22.6 Å². The minimum absolute atomic E-state index is 0.0987. The van der Waals surface area contributed by atoms with Crippen LogP contribution in [-0.2, 0) is 14.8 Å². The third-order valence-electron chi connectivity index (χ3n) is 5.69. The van der Waals surface area contributed by atoms with Crippen molar-refractivity contribution in [2.75, 3.05) is 32.7 Å². The Labute approximate surface area is 172 Å². The monoisotopic (exact) mass is 419 g/mol. The number of amides is 2. The van der Waals surface area contributed by atoms with Gasteiger partial charge in [0.25, 0.3) is 5.91 Å². The molecule has 0 atom stereocenters. The number of piperidine rings is 2. The minimum Gasteiger partial charge on any atom is -0.352 e. The Morgan fingerprint density at radius 1 is 1.10 bits per heavy atom. The molecule has 2 aliphatic rings. The first kappa shape index (κ1) is 21.5. The topological polar surface area (TPSA) is 86.8 Å². The third-order valence-corrected chi connectivity index (χ3v) is 7.58. The fraction of sp³-hybridized carbons (Fsp3) is 0.524. The van der Waals surface area contributed by atoms with Crippen LogP contribution in [0.15, 0.2) is 41.8 Å². The summed E-state index contributed by atoms with van der Waals surface area (Å²) in [6.07, 6.45) is 5.72. The molecular formula is C21H29N3O4S. The number of rotatable bonds is 6. The van der Waals surface area contributed by atoms with Crippen LogP contribution < -0.4 is 5.32 Å². The van der Waals surface area contributed by atoms with Crippen molar-refractivity contribution in [2.24, 2.45) is 5.92 Å². The van der Waals surface area contributed by atoms with Crippen molar-refractivity contribution in [3.63, 3.8) is 0 Å². The van der Waals surface area contributed by atoms with Gasteiger partial charge in [0.05, 0.1) is 4.90 Å². The quantitative estimate of drug-likeness (QED) is 0.715. The SMILES string of the molecule is C=CC(=O)NCC1CCN(S(=O)(=O)c2cccc(C(=O)N3CCCCC3)c2)CC1. The van der Waals surface area contributed by atoms with Gasteiger partial charge in [-0.05, 0) is 62.3 Å². The minimum atomic E-state index is -3.65. The van der Waals surface area contributed by atoms with Gasteiger partial charge < -0.3 is 10.2 Å². The molecule has 0 radical (unpaired) electrons. The van der Waals surface area contributed by atoms with Crippen LogP contribution in [0.3, 0.4) is 0 Å². The van der Waals surface area contributed by atoms with Crippen molar-refractivity contribution in [3.05, 3.63) is 42.5 Å². The van der Waals surface area contributed by atoms with Crippen molar-refractivity contribution in [1.82, 2.24) is 14.5 Å². The molecule has 0 unspecified atom stereocenters. The van der Waals surface area contributed by atoms with Gasteiger partial charge in [0, 0.05) is 38.3 Å². The van der Waals surface area contributed by atoms with E-state index in [9.17, 15) is 18.0 Å². The number of hydrogen-bond donors (Lipinski definition) is 1. The predicted octanol–water partition coefficient (Wildman–Crippen LogP) is 2.02. The van der Waals surface area contributed by atoms with E-state index in [1.807, 2.05) is 0 Å². The maximum atomic E-state index is 13.1. The van der Waals surface area contributed by atoms with Gasteiger partial charge in [0.15, 0.2) is 0 Å². The second-order valence-corrected chi connectivity index (χ2v) is 9.62. The molecule has 2 aliphatic heterocycles. The van der Waals surface area contributed by atoms with Crippen molar-refractivity contribution in [3.8, 4) is 0 Å². The largest absolute Gasteiger partial charge is 0.352 e. The van der Waals surface area contributed by atoms with Gasteiger partial charge >= 0.3 is 0 Å². The normalized spacial score (nSPS) is 19.0. The highest BCUT2D eigenvalue weighted by Gasteiger charge is 2.30. The van der Waals surface area contributed by atoms with Crippen LogP contribution >= 0.6 is 0 Å². The molecule has 0 bridgehead atoms. The molecular weight excluding hydrogens is 390 g/mol. The van der Waals surface area contributed by atoms with Gasteiger partial charge in [0.2, 0.25) is 15.9 Å². The summed E-state index contributed by atoms with van der Waals surface area (Å²) in [6.45, 7) is 6.22. The Balaban J connectivity index is 1.65. The molecule has 1 aromatic rings. The molecule has 3 rings (SSSR count). The third kappa shape index (κ3) is 5.25. The molecule has 0 spiro atoms. The smallest absolute Gasteiger partial charge is 0.253 e. The van der Waals surface area contributed by atoms with E-state index in [1.54, 1.807) is 23.1 Å². The molecule has 158 valence electrons. The number of hydrogen-bond acceptors (Lipinski definition) is 4. The zero-order chi connectivity index (χ0) is 20.9. The van der Waals surface area contributed by atoms with Crippen LogP contribution in [0.4, 0.5) is 0 Å². The zero-order valence-electron chi connectivity index (χ0n) is 16.7. The number of carbonyl (C=O) groups excluding carboxylic acids is 2. The lowest BCUT2D eigenvalue weighted by molar-refractivity contribution is -0.116. The molecule has 29 heavy (non-hydrogen) atoms. The summed E-state index contributed by atoms with van der Waals surface area (Å²) in [5.74, 6) is -0.0639. The fourth-order valence-electron chi connectivity index (χ4n) is 3.89. The predicted molar refractivity (Wildman–Crippen MR) is 111 cm³/mol. The average Bonchev–Trinajstić information content (AvgIpc) is 2.78. The fourth-order valence-corrected chi connectivity index (χ4v) is 5.41. The molecule has 2 amide bonds. The Morgan fingerprint density at radius 2 is 1.79 bits per heavy atom. The Bertz CT molecular complexity index is 854. The highest BCUT2D eigenvalue weighted by Crippen LogP contribution is 2.25. The molecule has 8 heteroatoms. The molecule has 2 saturated heterocycles. The number of nitrogens with zero attached hydrogens (tertiary/aromatic N) is 2. The van der Waals surface area contributed by atoms with Gasteiger partial charge in [-0.2, -0.15) is 4.31 Å². The summed E-state index contributed by atoms with van der Waals surface area (Å²) in [5, 5.41) is 2.77. The highest BCUT2D eigenvalue weighted by molar-refractivity contribution is 7.89. The second kappa shape index (κ2) is 9.54. The highest BCUT2D eigenvalue weighted by atomic mass is 32.2. The van der Waals surface area contributed by atoms with Crippen molar-refractivity contribution in [2.45, 2.75) is 37.0 Å². The summed E-state index contributed by atoms with van der Waals surface area (Å²) < 4.78 is 27.6. The van der Waals surface area contributed by atoms with E-state index in [1.165, 1.54) is 16.4 Å². The number of likely N-dealkylation sites (tertiary alicyclic amines) is 1. The zero-order valence-corrected chi connectivity index (χ0v) is 17.5. The van der Waals surface area contributed by atoms with Crippen molar-refractivity contribution in [1.29, 1.82) is 0 Å². The molecule has 2 fully saturated rings. The van der Waals surface area contributed by atoms with Crippen LogP contribution in [0.1, 0.15) is 42.5 Å². The van der Waals surface area contributed by atoms with Crippen LogP contribution in [-0.4, -0.2) is 62.2 Å². The van der Waals surface area contributed by atoms with Crippen molar-refractivity contribution >= 4 is 21.8 Å². The van der Waals surface area contributed by atoms with E-state index in [4.69, 9.17) is 0 Å². The Morgan fingerprint density at radius 3 is 2.45 bits per heavy atom. The van der Waals surface area contributed by atoms with Gasteiger partial charge in [-0.25, -0.2) is 8.42 Å². The Hall–Kier alpha value is -2.19. The lowest BCUT2D eigenvalue weighted by Gasteiger charge is -2.31. The number of sulfonamides is 1. The van der Waals surface area contributed by atoms with Gasteiger partial charge in [0.1, 0.15) is 0 Å². The molecule has 1 N–H and O–H groups in total. The summed E-state index contributed by atoms with van der Waals surface area (Å²) in [5.41, 5.74) is 0.426. The first-order valence-corrected chi connectivity index (χ1v) is 11.7. The van der Waals surface area contributed by atoms with Gasteiger partial charge in [-0.3, -0.25) is 9.59 Å². The van der Waals surface area contributed by atoms with Gasteiger partial charge in [-0.15, -0.1) is 0 Å². The maximum Gasteiger partial charge on any atom is 0.253 e. The summed E-state index contributed by atoms with van der Waals surface area (Å²) in [7, 11) is -3.65. The van der Waals surface area contributed by atoms with Crippen LogP contribution in [0.2, 0.25) is 0 Å². The van der Waals surface area contributed by atoms with Gasteiger partial charge in [-0.1, -0.05) is 12.6 Å². The summed E-state index contributed by atoms with van der Waals surface area (Å²) in [6, 6.07) is 6.38. The van der Waals surface area contributed by atoms with E-state index >= 15 is 0 Å². The van der Waals surface area contributed by atoms with Crippen LogP contribution in [0.25, 0.3) is 0 Å². The number of nitrogens with one attached hydrogen (secondary N) is 1. The van der Waals surface area contributed by atoms with Crippen LogP contribution in [0, 0.1) is 5.92 Å². The van der Waals surface area contributed by atoms with E-state index in [0.29, 0.717) is 38.0 Å². The molecule has 0 aromatic heterocycles. The summed E-state index contributed by atoms with van der Waals surface area (Å²) >= 11 is 0. The molecule has 2 heterocycles. The molecule has 1 aromatic carbocycles. The summed E-state index contributed by atoms with van der Waals surface area (Å²) in [4.78, 5) is 26.0. The maximum absolute atomic E-state index is 13.1. The van der Waals surface area contributed by atoms with Crippen LogP contribution in [0.5, 0.6) is 0 Å². The molecule has 0 saturated carbocycles. The first-order chi connectivity index (χ1) is 13.9. The number of benzene rings is 1. The molecule has 7 nitrogen and oxygen atoms in total. The lowest BCUT2D eigenvalue weighted by Crippen LogP contribution is -2.41. The van der Waals surface area contributed by atoms with E-state index in [0.717, 1.165) is 32.4 Å². The van der Waals surface area contributed by atoms with E-state index < -0.39 is 10.0 Å². The lowest BCUT2D eigenvalue weighted by atomic mass is 9.98. The van der Waals surface area contributed by atoms with E-state index in [2.05, 4.69) is 11.9 Å².